The lowest BCUT2D eigenvalue weighted by Crippen LogP contribution is -1.90. The number of benzene rings is 1. The first-order valence-electron chi connectivity index (χ1n) is 6.73. The first kappa shape index (κ1) is 17.1. The lowest BCUT2D eigenvalue weighted by atomic mass is 10.2. The Labute approximate surface area is 129 Å². The highest BCUT2D eigenvalue weighted by molar-refractivity contribution is 7.99. The molecular formula is C15H21ClN2OS. The van der Waals surface area contributed by atoms with Crippen LogP contribution in [0, 0.1) is 0 Å². The van der Waals surface area contributed by atoms with Crippen LogP contribution in [0.2, 0.25) is 5.02 Å². The van der Waals surface area contributed by atoms with E-state index < -0.39 is 0 Å². The summed E-state index contributed by atoms with van der Waals surface area (Å²) in [6.45, 7) is 8.11. The summed E-state index contributed by atoms with van der Waals surface area (Å²) >= 11 is 7.52. The van der Waals surface area contributed by atoms with E-state index in [9.17, 15) is 0 Å². The highest BCUT2D eigenvalue weighted by Crippen LogP contribution is 2.33. The van der Waals surface area contributed by atoms with Crippen LogP contribution < -0.4 is 0 Å². The van der Waals surface area contributed by atoms with Crippen LogP contribution in [0.25, 0.3) is 0 Å². The van der Waals surface area contributed by atoms with Gasteiger partial charge in [0.05, 0.1) is 5.69 Å². The van der Waals surface area contributed by atoms with Gasteiger partial charge in [-0.2, -0.15) is 0 Å². The highest BCUT2D eigenvalue weighted by atomic mass is 35.5. The van der Waals surface area contributed by atoms with Crippen molar-refractivity contribution in [1.29, 1.82) is 0 Å². The average molecular weight is 313 g/mol. The van der Waals surface area contributed by atoms with Gasteiger partial charge in [0.25, 0.3) is 0 Å². The Morgan fingerprint density at radius 3 is 2.60 bits per heavy atom. The van der Waals surface area contributed by atoms with Crippen molar-refractivity contribution < 1.29 is 5.11 Å². The van der Waals surface area contributed by atoms with Crippen molar-refractivity contribution in [2.24, 2.45) is 0 Å². The van der Waals surface area contributed by atoms with Gasteiger partial charge in [0.1, 0.15) is 17.5 Å². The summed E-state index contributed by atoms with van der Waals surface area (Å²) in [5, 5.41) is 10.8. The van der Waals surface area contributed by atoms with E-state index in [1.807, 2.05) is 38.1 Å². The summed E-state index contributed by atoms with van der Waals surface area (Å²) < 4.78 is 0. The summed E-state index contributed by atoms with van der Waals surface area (Å²) in [6, 6.07) is 7.66. The number of aromatic nitrogens is 2. The molecule has 1 aromatic heterocycles. The molecule has 0 spiro atoms. The fraction of sp³-hybridized carbons (Fsp3) is 0.400. The Bertz CT molecular complexity index is 540. The van der Waals surface area contributed by atoms with Gasteiger partial charge in [-0.05, 0) is 24.1 Å². The number of halogens is 1. The topological polar surface area (TPSA) is 48.9 Å². The maximum Gasteiger partial charge on any atom is 0.133 e. The molecule has 1 aromatic carbocycles. The zero-order chi connectivity index (χ0) is 15.1. The summed E-state index contributed by atoms with van der Waals surface area (Å²) in [6.07, 6.45) is 0. The number of nitrogens with one attached hydrogen (secondary N) is 1. The van der Waals surface area contributed by atoms with Crippen molar-refractivity contribution in [2.75, 3.05) is 0 Å². The third-order valence-electron chi connectivity index (χ3n) is 2.48. The number of nitrogens with zero attached hydrogens (tertiary/aromatic N) is 1. The number of aromatic amines is 1. The summed E-state index contributed by atoms with van der Waals surface area (Å²) in [4.78, 5) is 8.58. The second-order valence-electron chi connectivity index (χ2n) is 4.27. The molecule has 0 saturated carbocycles. The predicted octanol–water partition coefficient (Wildman–Crippen LogP) is 4.86. The van der Waals surface area contributed by atoms with Gasteiger partial charge >= 0.3 is 0 Å². The van der Waals surface area contributed by atoms with Gasteiger partial charge in [-0.15, -0.1) is 0 Å². The number of imidazole rings is 1. The quantitative estimate of drug-likeness (QED) is 0.848. The molecule has 0 atom stereocenters. The largest absolute Gasteiger partial charge is 0.388 e. The Morgan fingerprint density at radius 1 is 1.35 bits per heavy atom. The van der Waals surface area contributed by atoms with E-state index in [4.69, 9.17) is 16.7 Å². The van der Waals surface area contributed by atoms with Gasteiger partial charge in [0, 0.05) is 9.92 Å². The van der Waals surface area contributed by atoms with Crippen LogP contribution in [0.5, 0.6) is 0 Å². The molecule has 0 aliphatic rings. The number of hydrogen-bond donors (Lipinski definition) is 2. The normalized spacial score (nSPS) is 10.3. The molecule has 0 aliphatic heterocycles. The molecule has 2 N–H and O–H groups in total. The third kappa shape index (κ3) is 4.54. The third-order valence-corrected chi connectivity index (χ3v) is 3.71. The number of hydrogen-bond acceptors (Lipinski definition) is 3. The molecule has 0 unspecified atom stereocenters. The number of aliphatic hydroxyl groups is 1. The first-order valence-corrected chi connectivity index (χ1v) is 7.92. The summed E-state index contributed by atoms with van der Waals surface area (Å²) in [5.74, 6) is 0.933. The van der Waals surface area contributed by atoms with Crippen LogP contribution in [-0.4, -0.2) is 15.1 Å². The monoisotopic (exact) mass is 312 g/mol. The van der Waals surface area contributed by atoms with Crippen LogP contribution in [0.15, 0.2) is 34.2 Å². The Balaban J connectivity index is 0.000000956. The Hall–Kier alpha value is -0.970. The van der Waals surface area contributed by atoms with Gasteiger partial charge in [-0.1, -0.05) is 57.1 Å². The van der Waals surface area contributed by atoms with Crippen molar-refractivity contribution in [1.82, 2.24) is 9.97 Å². The minimum atomic E-state index is -0.0736. The molecule has 5 heteroatoms. The molecule has 1 heterocycles. The van der Waals surface area contributed by atoms with Crippen LogP contribution in [0.4, 0.5) is 0 Å². The smallest absolute Gasteiger partial charge is 0.133 e. The fourth-order valence-electron chi connectivity index (χ4n) is 1.61. The van der Waals surface area contributed by atoms with Crippen molar-refractivity contribution in [3.63, 3.8) is 0 Å². The van der Waals surface area contributed by atoms with Crippen molar-refractivity contribution in [2.45, 2.75) is 50.1 Å². The van der Waals surface area contributed by atoms with E-state index in [0.29, 0.717) is 16.8 Å². The fourth-order valence-corrected chi connectivity index (χ4v) is 2.97. The first-order chi connectivity index (χ1) is 9.60. The van der Waals surface area contributed by atoms with E-state index in [1.54, 1.807) is 11.8 Å². The van der Waals surface area contributed by atoms with E-state index in [-0.39, 0.29) is 6.61 Å². The van der Waals surface area contributed by atoms with Gasteiger partial charge < -0.3 is 10.1 Å². The van der Waals surface area contributed by atoms with E-state index in [2.05, 4.69) is 23.8 Å². The molecule has 0 radical (unpaired) electrons. The molecule has 0 aliphatic carbocycles. The number of rotatable bonds is 4. The summed E-state index contributed by atoms with van der Waals surface area (Å²) in [7, 11) is 0. The molecule has 3 nitrogen and oxygen atoms in total. The molecular weight excluding hydrogens is 292 g/mol. The number of aliphatic hydroxyl groups excluding tert-OH is 1. The number of H-pyrrole nitrogens is 1. The zero-order valence-corrected chi connectivity index (χ0v) is 13.8. The lowest BCUT2D eigenvalue weighted by molar-refractivity contribution is 0.272. The average Bonchev–Trinajstić information content (AvgIpc) is 2.84. The second-order valence-corrected chi connectivity index (χ2v) is 5.77. The molecule has 0 amide bonds. The standard InChI is InChI=1S/C13H15ClN2OS.C2H6/c1-8(2)12-13(16-11(7-17)15-12)18-10-5-3-4-9(14)6-10;1-2/h3-6,8,17H,7H2,1-2H3,(H,15,16);1-2H3. The van der Waals surface area contributed by atoms with Crippen LogP contribution >= 0.6 is 23.4 Å². The van der Waals surface area contributed by atoms with Crippen LogP contribution in [-0.2, 0) is 6.61 Å². The van der Waals surface area contributed by atoms with Crippen molar-refractivity contribution in [3.05, 3.63) is 40.8 Å². The summed E-state index contributed by atoms with van der Waals surface area (Å²) in [5.41, 5.74) is 1.05. The van der Waals surface area contributed by atoms with E-state index in [0.717, 1.165) is 15.6 Å². The molecule has 0 fully saturated rings. The van der Waals surface area contributed by atoms with Crippen LogP contribution in [0.3, 0.4) is 0 Å². The van der Waals surface area contributed by atoms with Gasteiger partial charge in [0.15, 0.2) is 0 Å². The van der Waals surface area contributed by atoms with Crippen molar-refractivity contribution >= 4 is 23.4 Å². The minimum Gasteiger partial charge on any atom is -0.388 e. The molecule has 2 aromatic rings. The van der Waals surface area contributed by atoms with E-state index in [1.165, 1.54) is 0 Å². The molecule has 0 bridgehead atoms. The van der Waals surface area contributed by atoms with Crippen molar-refractivity contribution in [3.8, 4) is 0 Å². The van der Waals surface area contributed by atoms with Gasteiger partial charge in [0.2, 0.25) is 0 Å². The second kappa shape index (κ2) is 8.35. The minimum absolute atomic E-state index is 0.0736. The highest BCUT2D eigenvalue weighted by Gasteiger charge is 2.14. The van der Waals surface area contributed by atoms with Gasteiger partial charge in [-0.25, -0.2) is 4.98 Å². The molecule has 110 valence electrons. The maximum absolute atomic E-state index is 9.14. The Morgan fingerprint density at radius 2 is 2.05 bits per heavy atom. The van der Waals surface area contributed by atoms with Gasteiger partial charge in [-0.3, -0.25) is 0 Å². The van der Waals surface area contributed by atoms with Crippen LogP contribution in [0.1, 0.15) is 45.1 Å². The van der Waals surface area contributed by atoms with E-state index >= 15 is 0 Å². The molecule has 20 heavy (non-hydrogen) atoms. The predicted molar refractivity (Wildman–Crippen MR) is 85.5 cm³/mol. The maximum atomic E-state index is 9.14. The zero-order valence-electron chi connectivity index (χ0n) is 12.3. The Kier molecular flexibility index (Phi) is 7.13. The molecule has 2 rings (SSSR count). The lowest BCUT2D eigenvalue weighted by Gasteiger charge is -2.05. The molecule has 0 saturated heterocycles. The SMILES string of the molecule is CC.CC(C)c1[nH]c(CO)nc1Sc1cccc(Cl)c1.